The van der Waals surface area contributed by atoms with E-state index in [-0.39, 0.29) is 5.78 Å². The molecule has 0 bridgehead atoms. The molecule has 2 N–H and O–H groups in total. The maximum Gasteiger partial charge on any atom is 0.152 e. The van der Waals surface area contributed by atoms with Crippen molar-refractivity contribution >= 4 is 34.8 Å². The minimum Gasteiger partial charge on any atom is -0.398 e. The molecule has 0 saturated heterocycles. The van der Waals surface area contributed by atoms with Gasteiger partial charge in [-0.2, -0.15) is 0 Å². The van der Waals surface area contributed by atoms with Gasteiger partial charge in [0.05, 0.1) is 0 Å². The normalized spacial score (nSPS) is 12.5. The molecule has 1 aromatic rings. The molecule has 0 aliphatic heterocycles. The van der Waals surface area contributed by atoms with Gasteiger partial charge in [-0.15, -0.1) is 23.4 Å². The first-order chi connectivity index (χ1) is 6.56. The molecule has 0 aromatic heterocycles. The summed E-state index contributed by atoms with van der Waals surface area (Å²) in [5, 5.41) is -0.637. The molecule has 1 unspecified atom stereocenters. The summed E-state index contributed by atoms with van der Waals surface area (Å²) < 4.78 is 0. The highest BCUT2D eigenvalue weighted by atomic mass is 35.5. The Bertz CT molecular complexity index is 354. The lowest BCUT2D eigenvalue weighted by Gasteiger charge is -2.10. The lowest BCUT2D eigenvalue weighted by atomic mass is 10.1. The molecule has 0 heterocycles. The number of thioether (sulfide) groups is 1. The Morgan fingerprint density at radius 3 is 2.71 bits per heavy atom. The molecule has 1 rings (SSSR count). The number of nitrogens with two attached hydrogens (primary N) is 1. The number of alkyl halides is 1. The van der Waals surface area contributed by atoms with Gasteiger partial charge in [0.1, 0.15) is 5.38 Å². The minimum atomic E-state index is -0.637. The number of hydrogen-bond donors (Lipinski definition) is 1. The highest BCUT2D eigenvalue weighted by Gasteiger charge is 2.16. The maximum absolute atomic E-state index is 11.1. The van der Waals surface area contributed by atoms with E-state index in [0.717, 1.165) is 4.90 Å². The molecule has 0 saturated carbocycles. The fourth-order valence-corrected chi connectivity index (χ4v) is 1.76. The van der Waals surface area contributed by atoms with Crippen LogP contribution in [0.2, 0.25) is 0 Å². The van der Waals surface area contributed by atoms with Crippen molar-refractivity contribution in [1.82, 2.24) is 0 Å². The van der Waals surface area contributed by atoms with Gasteiger partial charge in [-0.3, -0.25) is 4.79 Å². The molecular formula is C10H12ClNOS. The van der Waals surface area contributed by atoms with Crippen LogP contribution in [0.3, 0.4) is 0 Å². The fraction of sp³-hybridized carbons (Fsp3) is 0.300. The van der Waals surface area contributed by atoms with Gasteiger partial charge < -0.3 is 5.73 Å². The molecule has 0 aliphatic rings. The van der Waals surface area contributed by atoms with Crippen LogP contribution in [0.4, 0.5) is 5.69 Å². The average Bonchev–Trinajstić information content (AvgIpc) is 2.17. The molecule has 0 spiro atoms. The highest BCUT2D eigenvalue weighted by molar-refractivity contribution is 7.98. The van der Waals surface area contributed by atoms with E-state index >= 15 is 0 Å². The van der Waals surface area contributed by atoms with Crippen LogP contribution in [0.25, 0.3) is 0 Å². The number of Topliss-reactive ketones (excluding diaryl/α,β-unsaturated/α-hetero) is 1. The Hall–Kier alpha value is -0.670. The Morgan fingerprint density at radius 2 is 2.21 bits per heavy atom. The summed E-state index contributed by atoms with van der Waals surface area (Å²) in [5.41, 5.74) is 7.00. The van der Waals surface area contributed by atoms with Crippen LogP contribution in [0, 0.1) is 0 Å². The molecule has 4 heteroatoms. The van der Waals surface area contributed by atoms with Gasteiger partial charge in [0.25, 0.3) is 0 Å². The van der Waals surface area contributed by atoms with Gasteiger partial charge in [0, 0.05) is 16.1 Å². The molecule has 1 aromatic carbocycles. The van der Waals surface area contributed by atoms with Gasteiger partial charge in [0.15, 0.2) is 5.78 Å². The van der Waals surface area contributed by atoms with Crippen LogP contribution < -0.4 is 5.73 Å². The number of anilines is 1. The van der Waals surface area contributed by atoms with Crippen molar-refractivity contribution in [3.63, 3.8) is 0 Å². The SMILES string of the molecule is CSc1ccc(N)c(C(Cl)C(C)=O)c1. The summed E-state index contributed by atoms with van der Waals surface area (Å²) in [4.78, 5) is 12.2. The fourth-order valence-electron chi connectivity index (χ4n) is 1.12. The Labute approximate surface area is 92.8 Å². The first-order valence-electron chi connectivity index (χ1n) is 4.14. The van der Waals surface area contributed by atoms with E-state index in [1.54, 1.807) is 17.8 Å². The van der Waals surface area contributed by atoms with Crippen LogP contribution in [-0.2, 0) is 4.79 Å². The third-order valence-corrected chi connectivity index (χ3v) is 3.19. The molecule has 0 radical (unpaired) electrons. The van der Waals surface area contributed by atoms with Crippen molar-refractivity contribution in [2.24, 2.45) is 0 Å². The third-order valence-electron chi connectivity index (χ3n) is 1.92. The molecule has 76 valence electrons. The zero-order chi connectivity index (χ0) is 10.7. The molecular weight excluding hydrogens is 218 g/mol. The first kappa shape index (κ1) is 11.4. The van der Waals surface area contributed by atoms with E-state index < -0.39 is 5.38 Å². The van der Waals surface area contributed by atoms with Crippen molar-refractivity contribution in [2.75, 3.05) is 12.0 Å². The lowest BCUT2D eigenvalue weighted by molar-refractivity contribution is -0.116. The minimum absolute atomic E-state index is 0.0865. The van der Waals surface area contributed by atoms with E-state index in [4.69, 9.17) is 17.3 Å². The molecule has 1 atom stereocenters. The van der Waals surface area contributed by atoms with Gasteiger partial charge in [0.2, 0.25) is 0 Å². The number of halogens is 1. The number of benzene rings is 1. The summed E-state index contributed by atoms with van der Waals surface area (Å²) in [7, 11) is 0. The predicted octanol–water partition coefficient (Wildman–Crippen LogP) is 2.86. The van der Waals surface area contributed by atoms with E-state index in [1.807, 2.05) is 18.4 Å². The summed E-state index contributed by atoms with van der Waals surface area (Å²) in [6, 6.07) is 5.55. The lowest BCUT2D eigenvalue weighted by Crippen LogP contribution is -2.05. The predicted molar refractivity (Wildman–Crippen MR) is 61.9 cm³/mol. The van der Waals surface area contributed by atoms with Gasteiger partial charge in [-0.05, 0) is 31.4 Å². The molecule has 0 aliphatic carbocycles. The zero-order valence-electron chi connectivity index (χ0n) is 8.08. The van der Waals surface area contributed by atoms with Gasteiger partial charge >= 0.3 is 0 Å². The Morgan fingerprint density at radius 1 is 1.57 bits per heavy atom. The first-order valence-corrected chi connectivity index (χ1v) is 5.80. The van der Waals surface area contributed by atoms with Crippen molar-refractivity contribution in [1.29, 1.82) is 0 Å². The average molecular weight is 230 g/mol. The van der Waals surface area contributed by atoms with Crippen molar-refractivity contribution in [3.8, 4) is 0 Å². The van der Waals surface area contributed by atoms with Crippen molar-refractivity contribution in [3.05, 3.63) is 23.8 Å². The number of hydrogen-bond acceptors (Lipinski definition) is 3. The van der Waals surface area contributed by atoms with E-state index in [0.29, 0.717) is 11.3 Å². The maximum atomic E-state index is 11.1. The van der Waals surface area contributed by atoms with Crippen LogP contribution >= 0.6 is 23.4 Å². The molecule has 0 amide bonds. The quantitative estimate of drug-likeness (QED) is 0.493. The van der Waals surface area contributed by atoms with Crippen molar-refractivity contribution < 1.29 is 4.79 Å². The van der Waals surface area contributed by atoms with Crippen LogP contribution in [0.5, 0.6) is 0 Å². The number of carbonyl (C=O) groups excluding carboxylic acids is 1. The Balaban J connectivity index is 3.11. The summed E-state index contributed by atoms with van der Waals surface area (Å²) in [6.45, 7) is 1.46. The zero-order valence-corrected chi connectivity index (χ0v) is 9.65. The molecule has 14 heavy (non-hydrogen) atoms. The monoisotopic (exact) mass is 229 g/mol. The van der Waals surface area contributed by atoms with E-state index in [1.165, 1.54) is 6.92 Å². The standard InChI is InChI=1S/C10H12ClNOS/c1-6(13)10(11)8-5-7(14-2)3-4-9(8)12/h3-5,10H,12H2,1-2H3. The van der Waals surface area contributed by atoms with Gasteiger partial charge in [-0.25, -0.2) is 0 Å². The summed E-state index contributed by atoms with van der Waals surface area (Å²) in [6.07, 6.45) is 1.96. The van der Waals surface area contributed by atoms with Crippen molar-refractivity contribution in [2.45, 2.75) is 17.2 Å². The van der Waals surface area contributed by atoms with Crippen LogP contribution in [0.1, 0.15) is 17.9 Å². The highest BCUT2D eigenvalue weighted by Crippen LogP contribution is 2.30. The summed E-state index contributed by atoms with van der Waals surface area (Å²) >= 11 is 7.53. The van der Waals surface area contributed by atoms with Gasteiger partial charge in [-0.1, -0.05) is 0 Å². The largest absolute Gasteiger partial charge is 0.398 e. The smallest absolute Gasteiger partial charge is 0.152 e. The number of ketones is 1. The topological polar surface area (TPSA) is 43.1 Å². The second-order valence-corrected chi connectivity index (χ2v) is 4.28. The summed E-state index contributed by atoms with van der Waals surface area (Å²) in [5.74, 6) is -0.0865. The van der Waals surface area contributed by atoms with E-state index in [2.05, 4.69) is 0 Å². The second-order valence-electron chi connectivity index (χ2n) is 2.97. The van der Waals surface area contributed by atoms with Crippen LogP contribution in [-0.4, -0.2) is 12.0 Å². The Kier molecular flexibility index (Phi) is 3.84. The number of rotatable bonds is 3. The number of carbonyl (C=O) groups is 1. The third kappa shape index (κ3) is 2.42. The van der Waals surface area contributed by atoms with Crippen LogP contribution in [0.15, 0.2) is 23.1 Å². The molecule has 0 fully saturated rings. The van der Waals surface area contributed by atoms with E-state index in [9.17, 15) is 4.79 Å². The number of nitrogen functional groups attached to an aromatic ring is 1. The molecule has 2 nitrogen and oxygen atoms in total. The second kappa shape index (κ2) is 4.71.